The predicted molar refractivity (Wildman–Crippen MR) is 41.3 cm³/mol. The van der Waals surface area contributed by atoms with Gasteiger partial charge in [-0.25, -0.2) is 0 Å². The van der Waals surface area contributed by atoms with Gasteiger partial charge in [0.15, 0.2) is 0 Å². The minimum Gasteiger partial charge on any atom is -0.482 e. The first-order valence-electron chi connectivity index (χ1n) is 3.26. The summed E-state index contributed by atoms with van der Waals surface area (Å²) in [5, 5.41) is 7.79. The van der Waals surface area contributed by atoms with Crippen molar-refractivity contribution in [3.8, 4) is 0 Å². The Morgan fingerprint density at radius 2 is 1.90 bits per heavy atom. The van der Waals surface area contributed by atoms with E-state index >= 15 is 0 Å². The Bertz CT molecular complexity index is 204. The number of hydrogen-bond donors (Lipinski definition) is 0. The van der Waals surface area contributed by atoms with Crippen molar-refractivity contribution in [3.05, 3.63) is 0 Å². The van der Waals surface area contributed by atoms with Crippen molar-refractivity contribution in [2.24, 2.45) is 15.6 Å². The van der Waals surface area contributed by atoms with E-state index in [1.807, 2.05) is 20.8 Å². The van der Waals surface area contributed by atoms with E-state index in [-0.39, 0.29) is 5.41 Å². The molecule has 3 nitrogen and oxygen atoms in total. The second kappa shape index (κ2) is 2.08. The predicted octanol–water partition coefficient (Wildman–Crippen LogP) is 1.45. The fourth-order valence-corrected chi connectivity index (χ4v) is 0.821. The summed E-state index contributed by atoms with van der Waals surface area (Å²) in [6.45, 7) is 6.04. The lowest BCUT2D eigenvalue weighted by atomic mass is 9.89. The molecule has 0 unspecified atom stereocenters. The van der Waals surface area contributed by atoms with E-state index in [0.29, 0.717) is 5.90 Å². The first-order valence-corrected chi connectivity index (χ1v) is 3.26. The molecule has 1 aliphatic heterocycles. The Morgan fingerprint density at radius 1 is 1.30 bits per heavy atom. The largest absolute Gasteiger partial charge is 0.482 e. The topological polar surface area (TPSA) is 34.0 Å². The Kier molecular flexibility index (Phi) is 1.50. The van der Waals surface area contributed by atoms with E-state index in [2.05, 4.69) is 10.2 Å². The third-order valence-corrected chi connectivity index (χ3v) is 1.92. The van der Waals surface area contributed by atoms with E-state index in [1.54, 1.807) is 7.11 Å². The van der Waals surface area contributed by atoms with Gasteiger partial charge in [0.05, 0.1) is 18.2 Å². The molecule has 0 saturated carbocycles. The Balaban J connectivity index is 2.89. The van der Waals surface area contributed by atoms with Gasteiger partial charge < -0.3 is 4.74 Å². The maximum absolute atomic E-state index is 5.03. The van der Waals surface area contributed by atoms with Gasteiger partial charge in [0.2, 0.25) is 5.90 Å². The summed E-state index contributed by atoms with van der Waals surface area (Å²) in [5.74, 6) is 0.699. The molecule has 0 aromatic heterocycles. The summed E-state index contributed by atoms with van der Waals surface area (Å²) in [4.78, 5) is 0. The first-order chi connectivity index (χ1) is 4.59. The number of methoxy groups -OCH3 is 1. The monoisotopic (exact) mass is 140 g/mol. The van der Waals surface area contributed by atoms with Crippen LogP contribution < -0.4 is 0 Å². The smallest absolute Gasteiger partial charge is 0.219 e. The summed E-state index contributed by atoms with van der Waals surface area (Å²) >= 11 is 0. The first kappa shape index (κ1) is 7.25. The van der Waals surface area contributed by atoms with Gasteiger partial charge in [-0.3, -0.25) is 0 Å². The fourth-order valence-electron chi connectivity index (χ4n) is 0.821. The second-order valence-corrected chi connectivity index (χ2v) is 2.92. The van der Waals surface area contributed by atoms with E-state index in [1.165, 1.54) is 0 Å². The van der Waals surface area contributed by atoms with E-state index in [9.17, 15) is 0 Å². The molecule has 1 rings (SSSR count). The number of nitrogens with zero attached hydrogens (tertiary/aromatic N) is 2. The Hall–Kier alpha value is -0.860. The maximum Gasteiger partial charge on any atom is 0.219 e. The van der Waals surface area contributed by atoms with Crippen LogP contribution in [-0.2, 0) is 4.74 Å². The summed E-state index contributed by atoms with van der Waals surface area (Å²) in [5.41, 5.74) is 0.902. The average molecular weight is 140 g/mol. The van der Waals surface area contributed by atoms with Crippen LogP contribution in [0.1, 0.15) is 20.8 Å². The third kappa shape index (κ3) is 0.818. The highest BCUT2D eigenvalue weighted by Crippen LogP contribution is 2.25. The third-order valence-electron chi connectivity index (χ3n) is 1.92. The maximum atomic E-state index is 5.03. The molecule has 0 fully saturated rings. The average Bonchev–Trinajstić information content (AvgIpc) is 2.10. The van der Waals surface area contributed by atoms with Gasteiger partial charge in [-0.05, 0) is 20.8 Å². The highest BCUT2D eigenvalue weighted by Gasteiger charge is 2.33. The van der Waals surface area contributed by atoms with Crippen molar-refractivity contribution in [2.45, 2.75) is 20.8 Å². The molecule has 0 bridgehead atoms. The van der Waals surface area contributed by atoms with E-state index in [4.69, 9.17) is 4.74 Å². The lowest BCUT2D eigenvalue weighted by Gasteiger charge is -2.18. The van der Waals surface area contributed by atoms with Crippen LogP contribution in [0.5, 0.6) is 0 Å². The van der Waals surface area contributed by atoms with Crippen LogP contribution in [-0.4, -0.2) is 18.7 Å². The molecule has 1 aliphatic rings. The molecule has 0 aromatic rings. The zero-order chi connectivity index (χ0) is 7.78. The molecule has 0 amide bonds. The van der Waals surface area contributed by atoms with Crippen LogP contribution in [0.25, 0.3) is 0 Å². The van der Waals surface area contributed by atoms with Crippen LogP contribution >= 0.6 is 0 Å². The van der Waals surface area contributed by atoms with Gasteiger partial charge in [-0.15, -0.1) is 5.10 Å². The van der Waals surface area contributed by atoms with Crippen LogP contribution in [0.4, 0.5) is 0 Å². The Morgan fingerprint density at radius 3 is 2.10 bits per heavy atom. The minimum atomic E-state index is -0.102. The molecule has 0 spiro atoms. The Labute approximate surface area is 60.8 Å². The van der Waals surface area contributed by atoms with Crippen LogP contribution in [0.3, 0.4) is 0 Å². The van der Waals surface area contributed by atoms with Gasteiger partial charge >= 0.3 is 0 Å². The fraction of sp³-hybridized carbons (Fsp3) is 0.714. The van der Waals surface area contributed by atoms with Crippen LogP contribution in [0, 0.1) is 5.41 Å². The molecule has 0 N–H and O–H groups in total. The van der Waals surface area contributed by atoms with Crippen molar-refractivity contribution in [3.63, 3.8) is 0 Å². The lowest BCUT2D eigenvalue weighted by molar-refractivity contribution is 0.362. The number of hydrogen-bond acceptors (Lipinski definition) is 3. The van der Waals surface area contributed by atoms with Crippen molar-refractivity contribution in [2.75, 3.05) is 7.11 Å². The van der Waals surface area contributed by atoms with E-state index < -0.39 is 0 Å². The molecule has 10 heavy (non-hydrogen) atoms. The van der Waals surface area contributed by atoms with Crippen molar-refractivity contribution < 1.29 is 4.74 Å². The summed E-state index contributed by atoms with van der Waals surface area (Å²) in [6.07, 6.45) is 0. The molecule has 0 saturated heterocycles. The minimum absolute atomic E-state index is 0.102. The SMILES string of the molecule is COC1=NN=C(C)C1(C)C. The number of ether oxygens (including phenoxy) is 1. The van der Waals surface area contributed by atoms with Crippen LogP contribution in [0.15, 0.2) is 10.2 Å². The van der Waals surface area contributed by atoms with Gasteiger partial charge in [0.25, 0.3) is 0 Å². The summed E-state index contributed by atoms with van der Waals surface area (Å²) < 4.78 is 5.03. The highest BCUT2D eigenvalue weighted by molar-refractivity contribution is 6.09. The highest BCUT2D eigenvalue weighted by atomic mass is 16.5. The van der Waals surface area contributed by atoms with Gasteiger partial charge in [-0.2, -0.15) is 5.10 Å². The molecule has 56 valence electrons. The summed E-state index contributed by atoms with van der Waals surface area (Å²) in [7, 11) is 1.62. The van der Waals surface area contributed by atoms with Crippen molar-refractivity contribution in [1.82, 2.24) is 0 Å². The van der Waals surface area contributed by atoms with Gasteiger partial charge in [0.1, 0.15) is 0 Å². The quantitative estimate of drug-likeness (QED) is 0.501. The van der Waals surface area contributed by atoms with E-state index in [0.717, 1.165) is 5.71 Å². The lowest BCUT2D eigenvalue weighted by Crippen LogP contribution is -2.29. The zero-order valence-electron chi connectivity index (χ0n) is 6.80. The van der Waals surface area contributed by atoms with Gasteiger partial charge in [-0.1, -0.05) is 0 Å². The van der Waals surface area contributed by atoms with Crippen molar-refractivity contribution >= 4 is 11.6 Å². The summed E-state index contributed by atoms with van der Waals surface area (Å²) in [6, 6.07) is 0. The van der Waals surface area contributed by atoms with Crippen molar-refractivity contribution in [1.29, 1.82) is 0 Å². The molecular weight excluding hydrogens is 128 g/mol. The van der Waals surface area contributed by atoms with Gasteiger partial charge in [0, 0.05) is 0 Å². The zero-order valence-corrected chi connectivity index (χ0v) is 6.80. The molecular formula is C7H12N2O. The molecule has 0 aromatic carbocycles. The molecule has 0 radical (unpaired) electrons. The molecule has 3 heteroatoms. The molecule has 1 heterocycles. The molecule has 0 atom stereocenters. The number of rotatable bonds is 0. The second-order valence-electron chi connectivity index (χ2n) is 2.92. The normalized spacial score (nSPS) is 22.0. The van der Waals surface area contributed by atoms with Crippen LogP contribution in [0.2, 0.25) is 0 Å². The standard InChI is InChI=1S/C7H12N2O/c1-5-7(2,3)6(10-4)9-8-5/h1-4H3. The molecule has 0 aliphatic carbocycles.